The van der Waals surface area contributed by atoms with Gasteiger partial charge in [-0.2, -0.15) is 0 Å². The topological polar surface area (TPSA) is 61.4 Å². The van der Waals surface area contributed by atoms with Gasteiger partial charge >= 0.3 is 0 Å². The molecule has 2 atom stereocenters. The summed E-state index contributed by atoms with van der Waals surface area (Å²) in [6.45, 7) is 5.43. The summed E-state index contributed by atoms with van der Waals surface area (Å²) < 4.78 is 0. The number of carbonyl (C=O) groups is 2. The summed E-state index contributed by atoms with van der Waals surface area (Å²) in [5.41, 5.74) is 0. The van der Waals surface area contributed by atoms with E-state index >= 15 is 0 Å². The summed E-state index contributed by atoms with van der Waals surface area (Å²) >= 11 is 0. The Bertz CT molecular complexity index is 255. The second-order valence-corrected chi connectivity index (χ2v) is 4.10. The van der Waals surface area contributed by atoms with Crippen LogP contribution in [0.3, 0.4) is 0 Å². The molecule has 0 saturated carbocycles. The highest BCUT2D eigenvalue weighted by Gasteiger charge is 2.31. The molecule has 86 valence electrons. The Kier molecular flexibility index (Phi) is 4.08. The van der Waals surface area contributed by atoms with Gasteiger partial charge in [0.1, 0.15) is 6.04 Å². The van der Waals surface area contributed by atoms with Gasteiger partial charge in [0.25, 0.3) is 0 Å². The third kappa shape index (κ3) is 2.92. The van der Waals surface area contributed by atoms with Crippen molar-refractivity contribution in [2.75, 3.05) is 26.7 Å². The molecule has 2 N–H and O–H groups in total. The summed E-state index contributed by atoms with van der Waals surface area (Å²) in [7, 11) is 1.88. The average molecular weight is 213 g/mol. The molecule has 1 aliphatic rings. The number of amides is 2. The molecule has 1 heterocycles. The minimum atomic E-state index is -0.342. The fourth-order valence-corrected chi connectivity index (χ4v) is 1.78. The van der Waals surface area contributed by atoms with Gasteiger partial charge in [0.15, 0.2) is 0 Å². The molecular formula is C10H19N3O2. The van der Waals surface area contributed by atoms with Crippen molar-refractivity contribution < 1.29 is 9.59 Å². The second-order valence-electron chi connectivity index (χ2n) is 4.10. The van der Waals surface area contributed by atoms with Gasteiger partial charge in [-0.3, -0.25) is 9.59 Å². The fraction of sp³-hybridized carbons (Fsp3) is 0.800. The number of rotatable bonds is 4. The highest BCUT2D eigenvalue weighted by Crippen LogP contribution is 2.08. The van der Waals surface area contributed by atoms with Crippen molar-refractivity contribution in [2.45, 2.75) is 19.9 Å². The van der Waals surface area contributed by atoms with Crippen LogP contribution in [0.1, 0.15) is 13.8 Å². The van der Waals surface area contributed by atoms with Crippen molar-refractivity contribution in [1.29, 1.82) is 0 Å². The van der Waals surface area contributed by atoms with E-state index in [-0.39, 0.29) is 24.4 Å². The predicted molar refractivity (Wildman–Crippen MR) is 57.3 cm³/mol. The summed E-state index contributed by atoms with van der Waals surface area (Å²) in [5.74, 6) is 0.295. The van der Waals surface area contributed by atoms with Gasteiger partial charge < -0.3 is 15.5 Å². The molecule has 0 aromatic rings. The Balaban J connectivity index is 2.56. The van der Waals surface area contributed by atoms with E-state index in [1.54, 1.807) is 11.8 Å². The Labute approximate surface area is 90.2 Å². The van der Waals surface area contributed by atoms with E-state index in [2.05, 4.69) is 17.6 Å². The maximum absolute atomic E-state index is 11.6. The number of hydrogen-bond donors (Lipinski definition) is 2. The van der Waals surface area contributed by atoms with Crippen LogP contribution in [0.5, 0.6) is 0 Å². The summed E-state index contributed by atoms with van der Waals surface area (Å²) in [6.07, 6.45) is 0. The minimum Gasteiger partial charge on any atom is -0.345 e. The molecule has 1 rings (SSSR count). The smallest absolute Gasteiger partial charge is 0.242 e. The Morgan fingerprint density at radius 2 is 2.27 bits per heavy atom. The minimum absolute atomic E-state index is 0.00468. The molecule has 1 fully saturated rings. The van der Waals surface area contributed by atoms with Crippen molar-refractivity contribution in [3.05, 3.63) is 0 Å². The van der Waals surface area contributed by atoms with Crippen molar-refractivity contribution in [2.24, 2.45) is 5.92 Å². The fourth-order valence-electron chi connectivity index (χ4n) is 1.78. The third-order valence-corrected chi connectivity index (χ3v) is 2.64. The van der Waals surface area contributed by atoms with E-state index in [9.17, 15) is 9.59 Å². The van der Waals surface area contributed by atoms with E-state index in [0.717, 1.165) is 6.54 Å². The van der Waals surface area contributed by atoms with E-state index in [4.69, 9.17) is 0 Å². The average Bonchev–Trinajstić information content (AvgIpc) is 2.19. The van der Waals surface area contributed by atoms with Crippen LogP contribution < -0.4 is 10.6 Å². The molecule has 5 nitrogen and oxygen atoms in total. The molecule has 1 saturated heterocycles. The summed E-state index contributed by atoms with van der Waals surface area (Å²) in [6, 6.07) is -0.342. The molecule has 0 aromatic carbocycles. The highest BCUT2D eigenvalue weighted by atomic mass is 16.2. The summed E-state index contributed by atoms with van der Waals surface area (Å²) in [5, 5.41) is 5.63. The van der Waals surface area contributed by atoms with Gasteiger partial charge in [-0.05, 0) is 26.4 Å². The lowest BCUT2D eigenvalue weighted by atomic mass is 10.1. The number of piperazine rings is 1. The van der Waals surface area contributed by atoms with Crippen LogP contribution in [0.4, 0.5) is 0 Å². The Morgan fingerprint density at radius 1 is 1.60 bits per heavy atom. The zero-order chi connectivity index (χ0) is 11.4. The molecule has 0 radical (unpaired) electrons. The van der Waals surface area contributed by atoms with Crippen molar-refractivity contribution in [3.63, 3.8) is 0 Å². The first-order chi connectivity index (χ1) is 7.06. The first-order valence-electron chi connectivity index (χ1n) is 5.28. The van der Waals surface area contributed by atoms with Crippen LogP contribution in [-0.2, 0) is 9.59 Å². The van der Waals surface area contributed by atoms with Crippen molar-refractivity contribution in [3.8, 4) is 0 Å². The lowest BCUT2D eigenvalue weighted by Crippen LogP contribution is -2.58. The maximum Gasteiger partial charge on any atom is 0.242 e. The molecule has 0 bridgehead atoms. The van der Waals surface area contributed by atoms with Crippen LogP contribution >= 0.6 is 0 Å². The van der Waals surface area contributed by atoms with Gasteiger partial charge in [-0.25, -0.2) is 0 Å². The normalized spacial score (nSPS) is 23.9. The van der Waals surface area contributed by atoms with Gasteiger partial charge in [0.05, 0.1) is 6.54 Å². The van der Waals surface area contributed by atoms with Crippen LogP contribution in [0.25, 0.3) is 0 Å². The largest absolute Gasteiger partial charge is 0.345 e. The standard InChI is InChI=1S/C10H19N3O2/c1-7(4-11-3)6-13-8(2)10(15)12-5-9(13)14/h7-8,11H,4-6H2,1-3H3,(H,12,15). The van der Waals surface area contributed by atoms with Crippen molar-refractivity contribution >= 4 is 11.8 Å². The van der Waals surface area contributed by atoms with Crippen molar-refractivity contribution in [1.82, 2.24) is 15.5 Å². The maximum atomic E-state index is 11.6. The molecule has 0 aromatic heterocycles. The van der Waals surface area contributed by atoms with E-state index in [1.165, 1.54) is 0 Å². The molecule has 2 amide bonds. The number of nitrogens with zero attached hydrogens (tertiary/aromatic N) is 1. The molecule has 15 heavy (non-hydrogen) atoms. The predicted octanol–water partition coefficient (Wildman–Crippen LogP) is -0.811. The molecular weight excluding hydrogens is 194 g/mol. The van der Waals surface area contributed by atoms with Gasteiger partial charge in [-0.1, -0.05) is 6.92 Å². The van der Waals surface area contributed by atoms with Crippen LogP contribution in [0.2, 0.25) is 0 Å². The Morgan fingerprint density at radius 3 is 2.87 bits per heavy atom. The molecule has 0 spiro atoms. The summed E-state index contributed by atoms with van der Waals surface area (Å²) in [4.78, 5) is 24.6. The Hall–Kier alpha value is -1.10. The molecule has 0 aliphatic carbocycles. The number of hydrogen-bond acceptors (Lipinski definition) is 3. The van der Waals surface area contributed by atoms with E-state index in [0.29, 0.717) is 12.5 Å². The van der Waals surface area contributed by atoms with Gasteiger partial charge in [0.2, 0.25) is 11.8 Å². The first-order valence-corrected chi connectivity index (χ1v) is 5.28. The lowest BCUT2D eigenvalue weighted by molar-refractivity contribution is -0.145. The lowest BCUT2D eigenvalue weighted by Gasteiger charge is -2.34. The highest BCUT2D eigenvalue weighted by molar-refractivity contribution is 5.94. The zero-order valence-corrected chi connectivity index (χ0v) is 9.54. The zero-order valence-electron chi connectivity index (χ0n) is 9.54. The SMILES string of the molecule is CNCC(C)CN1C(=O)CNC(=O)C1C. The third-order valence-electron chi connectivity index (χ3n) is 2.64. The first kappa shape index (κ1) is 12.0. The van der Waals surface area contributed by atoms with Crippen LogP contribution in [0, 0.1) is 5.92 Å². The van der Waals surface area contributed by atoms with Gasteiger partial charge in [-0.15, -0.1) is 0 Å². The molecule has 2 unspecified atom stereocenters. The second kappa shape index (κ2) is 5.11. The van der Waals surface area contributed by atoms with E-state index < -0.39 is 0 Å². The van der Waals surface area contributed by atoms with Crippen LogP contribution in [0.15, 0.2) is 0 Å². The van der Waals surface area contributed by atoms with Crippen LogP contribution in [-0.4, -0.2) is 49.4 Å². The number of nitrogens with one attached hydrogen (secondary N) is 2. The quantitative estimate of drug-likeness (QED) is 0.642. The monoisotopic (exact) mass is 213 g/mol. The number of carbonyl (C=O) groups excluding carboxylic acids is 2. The molecule has 5 heteroatoms. The molecule has 1 aliphatic heterocycles. The van der Waals surface area contributed by atoms with E-state index in [1.807, 2.05) is 7.05 Å². The van der Waals surface area contributed by atoms with Gasteiger partial charge in [0, 0.05) is 6.54 Å².